The zero-order chi connectivity index (χ0) is 18.9. The van der Waals surface area contributed by atoms with Crippen molar-refractivity contribution in [3.63, 3.8) is 0 Å². The lowest BCUT2D eigenvalue weighted by Gasteiger charge is -2.16. The molecule has 0 saturated heterocycles. The van der Waals surface area contributed by atoms with Crippen LogP contribution in [0.25, 0.3) is 0 Å². The number of rotatable bonds is 5. The van der Waals surface area contributed by atoms with Crippen molar-refractivity contribution < 1.29 is 19.4 Å². The van der Waals surface area contributed by atoms with Crippen LogP contribution < -0.4 is 11.5 Å². The number of carboxylic acids is 1. The lowest BCUT2D eigenvalue weighted by atomic mass is 9.90. The Hall–Kier alpha value is -2.57. The first-order valence-corrected chi connectivity index (χ1v) is 9.03. The van der Waals surface area contributed by atoms with Gasteiger partial charge < -0.3 is 21.3 Å². The molecule has 2 aliphatic rings. The SMILES string of the molecule is NC(=O)c1ccc(CC[C@H]2COC(N)=N2)cc1.O=C(O)C1CCCCC1. The van der Waals surface area contributed by atoms with Gasteiger partial charge >= 0.3 is 5.97 Å². The third-order valence-corrected chi connectivity index (χ3v) is 4.69. The van der Waals surface area contributed by atoms with Gasteiger partial charge in [0.15, 0.2) is 0 Å². The Morgan fingerprint density at radius 2 is 1.81 bits per heavy atom. The molecule has 0 spiro atoms. The molecule has 142 valence electrons. The first kappa shape index (κ1) is 19.8. The quantitative estimate of drug-likeness (QED) is 0.740. The highest BCUT2D eigenvalue weighted by molar-refractivity contribution is 5.92. The smallest absolute Gasteiger partial charge is 0.306 e. The van der Waals surface area contributed by atoms with Crippen LogP contribution in [0.2, 0.25) is 0 Å². The van der Waals surface area contributed by atoms with E-state index in [0.29, 0.717) is 12.2 Å². The van der Waals surface area contributed by atoms with Crippen LogP contribution >= 0.6 is 0 Å². The molecule has 5 N–H and O–H groups in total. The molecular formula is C19H27N3O4. The molecule has 3 rings (SSSR count). The molecule has 1 heterocycles. The Balaban J connectivity index is 0.000000228. The number of aliphatic carboxylic acids is 1. The maximum atomic E-state index is 10.9. The van der Waals surface area contributed by atoms with Crippen molar-refractivity contribution in [2.75, 3.05) is 6.61 Å². The first-order chi connectivity index (χ1) is 12.5. The monoisotopic (exact) mass is 361 g/mol. The van der Waals surface area contributed by atoms with E-state index in [1.54, 1.807) is 12.1 Å². The van der Waals surface area contributed by atoms with E-state index >= 15 is 0 Å². The number of carbonyl (C=O) groups excluding carboxylic acids is 1. The standard InChI is InChI=1S/C12H15N3O2.C7H12O2/c13-11(16)9-4-1-8(2-5-9)3-6-10-7-17-12(14)15-10;8-7(9)6-4-2-1-3-5-6/h1-2,4-5,10H,3,6-7H2,(H2,13,16)(H2,14,15);6H,1-5H2,(H,8,9)/t10-;/m0./s1. The molecular weight excluding hydrogens is 334 g/mol. The summed E-state index contributed by atoms with van der Waals surface area (Å²) in [6.07, 6.45) is 7.00. The molecule has 1 aliphatic carbocycles. The number of aliphatic imine (C=N–C) groups is 1. The number of amidine groups is 1. The fourth-order valence-electron chi connectivity index (χ4n) is 3.10. The van der Waals surface area contributed by atoms with Crippen LogP contribution in [0, 0.1) is 5.92 Å². The van der Waals surface area contributed by atoms with E-state index in [2.05, 4.69) is 4.99 Å². The van der Waals surface area contributed by atoms with Crippen LogP contribution in [0.5, 0.6) is 0 Å². The number of carbonyl (C=O) groups is 2. The second kappa shape index (κ2) is 9.79. The summed E-state index contributed by atoms with van der Waals surface area (Å²) < 4.78 is 5.07. The summed E-state index contributed by atoms with van der Waals surface area (Å²) in [6, 6.07) is 7.71. The van der Waals surface area contributed by atoms with Gasteiger partial charge in [-0.3, -0.25) is 9.59 Å². The highest BCUT2D eigenvalue weighted by Crippen LogP contribution is 2.23. The largest absolute Gasteiger partial charge is 0.481 e. The third-order valence-electron chi connectivity index (χ3n) is 4.69. The first-order valence-electron chi connectivity index (χ1n) is 9.03. The molecule has 1 aromatic carbocycles. The second-order valence-electron chi connectivity index (χ2n) is 6.71. The molecule has 7 heteroatoms. The second-order valence-corrected chi connectivity index (χ2v) is 6.71. The topological polar surface area (TPSA) is 128 Å². The molecule has 26 heavy (non-hydrogen) atoms. The number of amides is 1. The van der Waals surface area contributed by atoms with Crippen molar-refractivity contribution in [3.8, 4) is 0 Å². The molecule has 0 unspecified atom stereocenters. The van der Waals surface area contributed by atoms with Gasteiger partial charge in [-0.2, -0.15) is 0 Å². The fraction of sp³-hybridized carbons (Fsp3) is 0.526. The van der Waals surface area contributed by atoms with E-state index < -0.39 is 11.9 Å². The van der Waals surface area contributed by atoms with Crippen LogP contribution in [0.1, 0.15) is 54.4 Å². The van der Waals surface area contributed by atoms with E-state index in [0.717, 1.165) is 44.1 Å². The Morgan fingerprint density at radius 1 is 1.15 bits per heavy atom. The Kier molecular flexibility index (Phi) is 7.44. The Labute approximate surface area is 153 Å². The molecule has 1 aliphatic heterocycles. The minimum atomic E-state index is -0.602. The van der Waals surface area contributed by atoms with Crippen molar-refractivity contribution in [3.05, 3.63) is 35.4 Å². The molecule has 0 radical (unpaired) electrons. The summed E-state index contributed by atoms with van der Waals surface area (Å²) in [5.74, 6) is -1.04. The Morgan fingerprint density at radius 3 is 2.27 bits per heavy atom. The van der Waals surface area contributed by atoms with E-state index in [1.807, 2.05) is 12.1 Å². The van der Waals surface area contributed by atoms with E-state index in [9.17, 15) is 9.59 Å². The number of aryl methyl sites for hydroxylation is 1. The average Bonchev–Trinajstić information content (AvgIpc) is 3.07. The maximum Gasteiger partial charge on any atom is 0.306 e. The number of ether oxygens (including phenoxy) is 1. The van der Waals surface area contributed by atoms with Crippen LogP contribution in [-0.2, 0) is 16.0 Å². The molecule has 1 fully saturated rings. The summed E-state index contributed by atoms with van der Waals surface area (Å²) in [4.78, 5) is 25.4. The molecule has 1 saturated carbocycles. The van der Waals surface area contributed by atoms with Gasteiger partial charge in [0.1, 0.15) is 6.61 Å². The van der Waals surface area contributed by atoms with Crippen LogP contribution in [0.4, 0.5) is 0 Å². The van der Waals surface area contributed by atoms with Crippen LogP contribution in [0.3, 0.4) is 0 Å². The predicted molar refractivity (Wildman–Crippen MR) is 98.9 cm³/mol. The number of nitrogens with two attached hydrogens (primary N) is 2. The zero-order valence-corrected chi connectivity index (χ0v) is 14.9. The van der Waals surface area contributed by atoms with E-state index in [4.69, 9.17) is 21.3 Å². The van der Waals surface area contributed by atoms with E-state index in [1.165, 1.54) is 6.42 Å². The van der Waals surface area contributed by atoms with Gasteiger partial charge in [0, 0.05) is 5.56 Å². The number of hydrogen-bond donors (Lipinski definition) is 3. The number of hydrogen-bond acceptors (Lipinski definition) is 5. The lowest BCUT2D eigenvalue weighted by molar-refractivity contribution is -0.142. The number of nitrogens with zero attached hydrogens (tertiary/aromatic N) is 1. The summed E-state index contributed by atoms with van der Waals surface area (Å²) in [5.41, 5.74) is 12.3. The van der Waals surface area contributed by atoms with Gasteiger partial charge in [0.25, 0.3) is 6.02 Å². The van der Waals surface area contributed by atoms with Gasteiger partial charge in [0.2, 0.25) is 5.91 Å². The van der Waals surface area contributed by atoms with Crippen molar-refractivity contribution in [1.82, 2.24) is 0 Å². The highest BCUT2D eigenvalue weighted by atomic mass is 16.5. The van der Waals surface area contributed by atoms with Gasteiger partial charge in [-0.15, -0.1) is 0 Å². The van der Waals surface area contributed by atoms with Crippen LogP contribution in [-0.4, -0.2) is 35.7 Å². The predicted octanol–water partition coefficient (Wildman–Crippen LogP) is 2.08. The van der Waals surface area contributed by atoms with Gasteiger partial charge in [-0.25, -0.2) is 4.99 Å². The molecule has 1 amide bonds. The summed E-state index contributed by atoms with van der Waals surface area (Å²) >= 11 is 0. The molecule has 0 aromatic heterocycles. The van der Waals surface area contributed by atoms with Crippen molar-refractivity contribution in [2.24, 2.45) is 22.4 Å². The van der Waals surface area contributed by atoms with Crippen molar-refractivity contribution in [2.45, 2.75) is 51.0 Å². The highest BCUT2D eigenvalue weighted by Gasteiger charge is 2.19. The third kappa shape index (κ3) is 6.38. The van der Waals surface area contributed by atoms with Gasteiger partial charge in [-0.1, -0.05) is 31.4 Å². The number of primary amides is 1. The molecule has 1 atom stereocenters. The average molecular weight is 361 g/mol. The minimum absolute atomic E-state index is 0.0289. The minimum Gasteiger partial charge on any atom is -0.481 e. The Bertz CT molecular complexity index is 637. The number of benzene rings is 1. The summed E-state index contributed by atoms with van der Waals surface area (Å²) in [6.45, 7) is 0.561. The maximum absolute atomic E-state index is 10.9. The fourth-order valence-corrected chi connectivity index (χ4v) is 3.10. The molecule has 1 aromatic rings. The van der Waals surface area contributed by atoms with Crippen LogP contribution in [0.15, 0.2) is 29.3 Å². The van der Waals surface area contributed by atoms with Gasteiger partial charge in [0.05, 0.1) is 12.0 Å². The van der Waals surface area contributed by atoms with E-state index in [-0.39, 0.29) is 18.0 Å². The normalized spacial score (nSPS) is 19.7. The zero-order valence-electron chi connectivity index (χ0n) is 14.9. The molecule has 0 bridgehead atoms. The summed E-state index contributed by atoms with van der Waals surface area (Å²) in [5, 5.41) is 8.54. The van der Waals surface area contributed by atoms with Crippen molar-refractivity contribution >= 4 is 17.9 Å². The van der Waals surface area contributed by atoms with Gasteiger partial charge in [-0.05, 0) is 43.4 Å². The molecule has 7 nitrogen and oxygen atoms in total. The lowest BCUT2D eigenvalue weighted by Crippen LogP contribution is -2.16. The van der Waals surface area contributed by atoms with Crippen molar-refractivity contribution in [1.29, 1.82) is 0 Å². The summed E-state index contributed by atoms with van der Waals surface area (Å²) in [7, 11) is 0. The number of carboxylic acid groups (broad SMARTS) is 1.